The Labute approximate surface area is 136 Å². The number of hydrogen-bond acceptors (Lipinski definition) is 5. The van der Waals surface area contributed by atoms with Gasteiger partial charge in [-0.25, -0.2) is 4.79 Å². The monoisotopic (exact) mass is 323 g/mol. The van der Waals surface area contributed by atoms with Crippen molar-refractivity contribution in [2.75, 3.05) is 6.61 Å². The molecule has 0 saturated carbocycles. The van der Waals surface area contributed by atoms with Crippen LogP contribution in [0.25, 0.3) is 0 Å². The summed E-state index contributed by atoms with van der Waals surface area (Å²) in [4.78, 5) is 22.7. The lowest BCUT2D eigenvalue weighted by Crippen LogP contribution is -2.46. The number of benzene rings is 1. The second-order valence-electron chi connectivity index (χ2n) is 5.81. The third-order valence-corrected chi connectivity index (χ3v) is 3.16. The molecule has 2 N–H and O–H groups in total. The van der Waals surface area contributed by atoms with E-state index in [0.717, 1.165) is 5.56 Å². The van der Waals surface area contributed by atoms with Crippen LogP contribution in [0.15, 0.2) is 30.3 Å². The van der Waals surface area contributed by atoms with E-state index < -0.39 is 24.2 Å². The van der Waals surface area contributed by atoms with Gasteiger partial charge in [0.25, 0.3) is 0 Å². The molecule has 0 aliphatic rings. The van der Waals surface area contributed by atoms with E-state index in [4.69, 9.17) is 9.47 Å². The minimum atomic E-state index is -0.981. The van der Waals surface area contributed by atoms with Crippen molar-refractivity contribution < 1.29 is 24.2 Å². The summed E-state index contributed by atoms with van der Waals surface area (Å²) in [5.41, 5.74) is 0.878. The predicted octanol–water partition coefficient (Wildman–Crippen LogP) is 2.25. The fourth-order valence-electron chi connectivity index (χ4n) is 2.06. The Bertz CT molecular complexity index is 489. The first kappa shape index (κ1) is 19.0. The van der Waals surface area contributed by atoms with E-state index in [9.17, 15) is 14.7 Å². The van der Waals surface area contributed by atoms with Gasteiger partial charge in [-0.15, -0.1) is 0 Å². The molecule has 0 aromatic heterocycles. The van der Waals surface area contributed by atoms with Gasteiger partial charge in [0.15, 0.2) is 0 Å². The Hall–Kier alpha value is -2.08. The number of hydrogen-bond donors (Lipinski definition) is 2. The van der Waals surface area contributed by atoms with Crippen LogP contribution in [0, 0.1) is 5.92 Å². The van der Waals surface area contributed by atoms with Crippen LogP contribution < -0.4 is 5.32 Å². The molecule has 1 aromatic rings. The van der Waals surface area contributed by atoms with Crippen molar-refractivity contribution in [1.82, 2.24) is 5.32 Å². The van der Waals surface area contributed by atoms with Crippen molar-refractivity contribution in [3.63, 3.8) is 0 Å². The van der Waals surface area contributed by atoms with Gasteiger partial charge in [0, 0.05) is 6.92 Å². The fourth-order valence-corrected chi connectivity index (χ4v) is 2.06. The van der Waals surface area contributed by atoms with Crippen LogP contribution in [-0.4, -0.2) is 35.9 Å². The molecule has 0 saturated heterocycles. The van der Waals surface area contributed by atoms with Crippen molar-refractivity contribution in [2.24, 2.45) is 5.92 Å². The molecule has 0 heterocycles. The molecule has 0 aliphatic heterocycles. The lowest BCUT2D eigenvalue weighted by molar-refractivity contribution is -0.144. The third-order valence-electron chi connectivity index (χ3n) is 3.16. The smallest absolute Gasteiger partial charge is 0.407 e. The van der Waals surface area contributed by atoms with Gasteiger partial charge in [-0.05, 0) is 17.9 Å². The molecule has 0 spiro atoms. The number of amides is 1. The van der Waals surface area contributed by atoms with Crippen molar-refractivity contribution in [3.8, 4) is 0 Å². The molecule has 1 amide bonds. The van der Waals surface area contributed by atoms with E-state index in [-0.39, 0.29) is 19.1 Å². The number of aliphatic hydroxyl groups is 1. The summed E-state index contributed by atoms with van der Waals surface area (Å²) < 4.78 is 9.94. The second-order valence-corrected chi connectivity index (χ2v) is 5.81. The summed E-state index contributed by atoms with van der Waals surface area (Å²) in [6.07, 6.45) is -1.05. The molecule has 2 atom stereocenters. The maximum absolute atomic E-state index is 11.9. The van der Waals surface area contributed by atoms with E-state index in [1.807, 2.05) is 44.2 Å². The molecule has 0 bridgehead atoms. The standard InChI is InChI=1S/C17H25NO5/c1-12(2)9-15(16(20)11-22-13(3)19)18-17(21)23-10-14-7-5-4-6-8-14/h4-8,12,15-16,20H,9-11H2,1-3H3,(H,18,21)/t15-,16?/m0/s1. The van der Waals surface area contributed by atoms with Crippen molar-refractivity contribution in [2.45, 2.75) is 45.9 Å². The largest absolute Gasteiger partial charge is 0.463 e. The molecule has 1 unspecified atom stereocenters. The number of ether oxygens (including phenoxy) is 2. The molecular weight excluding hydrogens is 298 g/mol. The van der Waals surface area contributed by atoms with Gasteiger partial charge in [-0.3, -0.25) is 4.79 Å². The summed E-state index contributed by atoms with van der Waals surface area (Å²) in [6.45, 7) is 5.21. The summed E-state index contributed by atoms with van der Waals surface area (Å²) in [5.74, 6) is -0.222. The van der Waals surface area contributed by atoms with E-state index in [1.165, 1.54) is 6.92 Å². The van der Waals surface area contributed by atoms with E-state index >= 15 is 0 Å². The van der Waals surface area contributed by atoms with Crippen LogP contribution >= 0.6 is 0 Å². The van der Waals surface area contributed by atoms with Crippen LogP contribution in [-0.2, 0) is 20.9 Å². The highest BCUT2D eigenvalue weighted by molar-refractivity contribution is 5.68. The van der Waals surface area contributed by atoms with Crippen LogP contribution in [0.5, 0.6) is 0 Å². The molecule has 0 aliphatic carbocycles. The quantitative estimate of drug-likeness (QED) is 0.717. The normalized spacial score (nSPS) is 13.3. The summed E-state index contributed by atoms with van der Waals surface area (Å²) >= 11 is 0. The van der Waals surface area contributed by atoms with Gasteiger partial charge in [-0.1, -0.05) is 44.2 Å². The first-order valence-electron chi connectivity index (χ1n) is 7.67. The highest BCUT2D eigenvalue weighted by atomic mass is 16.6. The van der Waals surface area contributed by atoms with Crippen molar-refractivity contribution >= 4 is 12.1 Å². The molecule has 23 heavy (non-hydrogen) atoms. The topological polar surface area (TPSA) is 84.9 Å². The van der Waals surface area contributed by atoms with E-state index in [2.05, 4.69) is 5.32 Å². The van der Waals surface area contributed by atoms with E-state index in [0.29, 0.717) is 6.42 Å². The molecule has 128 valence electrons. The Morgan fingerprint density at radius 2 is 1.83 bits per heavy atom. The zero-order valence-electron chi connectivity index (χ0n) is 13.8. The number of carbonyl (C=O) groups excluding carboxylic acids is 2. The van der Waals surface area contributed by atoms with Gasteiger partial charge >= 0.3 is 12.1 Å². The number of nitrogens with one attached hydrogen (secondary N) is 1. The average Bonchev–Trinajstić information content (AvgIpc) is 2.50. The lowest BCUT2D eigenvalue weighted by Gasteiger charge is -2.25. The summed E-state index contributed by atoms with van der Waals surface area (Å²) in [6, 6.07) is 8.77. The first-order chi connectivity index (χ1) is 10.9. The average molecular weight is 323 g/mol. The van der Waals surface area contributed by atoms with Crippen LogP contribution in [0.3, 0.4) is 0 Å². The number of rotatable bonds is 8. The van der Waals surface area contributed by atoms with Gasteiger partial charge in [0.1, 0.15) is 19.3 Å². The second kappa shape index (κ2) is 9.84. The zero-order chi connectivity index (χ0) is 17.2. The maximum Gasteiger partial charge on any atom is 0.407 e. The summed E-state index contributed by atoms with van der Waals surface area (Å²) in [5, 5.41) is 12.7. The minimum Gasteiger partial charge on any atom is -0.463 e. The fraction of sp³-hybridized carbons (Fsp3) is 0.529. The Balaban J connectivity index is 2.50. The van der Waals surface area contributed by atoms with Gasteiger partial charge in [-0.2, -0.15) is 0 Å². The first-order valence-corrected chi connectivity index (χ1v) is 7.67. The third kappa shape index (κ3) is 8.21. The van der Waals surface area contributed by atoms with Gasteiger partial charge < -0.3 is 19.9 Å². The number of aliphatic hydroxyl groups excluding tert-OH is 1. The van der Waals surface area contributed by atoms with Crippen LogP contribution in [0.2, 0.25) is 0 Å². The zero-order valence-corrected chi connectivity index (χ0v) is 13.8. The Morgan fingerprint density at radius 1 is 1.17 bits per heavy atom. The molecule has 6 heteroatoms. The Morgan fingerprint density at radius 3 is 2.39 bits per heavy atom. The number of alkyl carbamates (subject to hydrolysis) is 1. The van der Waals surface area contributed by atoms with Gasteiger partial charge in [0.05, 0.1) is 6.04 Å². The van der Waals surface area contributed by atoms with Crippen molar-refractivity contribution in [3.05, 3.63) is 35.9 Å². The molecule has 1 aromatic carbocycles. The molecule has 1 rings (SSSR count). The minimum absolute atomic E-state index is 0.154. The van der Waals surface area contributed by atoms with Crippen LogP contribution in [0.4, 0.5) is 4.79 Å². The molecular formula is C17H25NO5. The van der Waals surface area contributed by atoms with E-state index in [1.54, 1.807) is 0 Å². The SMILES string of the molecule is CC(=O)OCC(O)[C@H](CC(C)C)NC(=O)OCc1ccccc1. The lowest BCUT2D eigenvalue weighted by atomic mass is 9.99. The molecule has 0 radical (unpaired) electrons. The number of carbonyl (C=O) groups is 2. The highest BCUT2D eigenvalue weighted by Crippen LogP contribution is 2.10. The van der Waals surface area contributed by atoms with Gasteiger partial charge in [0.2, 0.25) is 0 Å². The maximum atomic E-state index is 11.9. The van der Waals surface area contributed by atoms with Crippen LogP contribution in [0.1, 0.15) is 32.8 Å². The van der Waals surface area contributed by atoms with Crippen molar-refractivity contribution in [1.29, 1.82) is 0 Å². The highest BCUT2D eigenvalue weighted by Gasteiger charge is 2.24. The Kier molecular flexibility index (Phi) is 8.11. The molecule has 0 fully saturated rings. The summed E-state index contributed by atoms with van der Waals surface area (Å²) in [7, 11) is 0. The predicted molar refractivity (Wildman–Crippen MR) is 85.6 cm³/mol. The number of esters is 1. The molecule has 6 nitrogen and oxygen atoms in total.